The molecule has 0 radical (unpaired) electrons. The third kappa shape index (κ3) is 5.84. The van der Waals surface area contributed by atoms with Crippen LogP contribution in [0.3, 0.4) is 0 Å². The van der Waals surface area contributed by atoms with Gasteiger partial charge in [0, 0.05) is 49.3 Å². The predicted octanol–water partition coefficient (Wildman–Crippen LogP) is 1.59. The first-order chi connectivity index (χ1) is 16.6. The summed E-state index contributed by atoms with van der Waals surface area (Å²) < 4.78 is 11.9. The second-order valence-corrected chi connectivity index (χ2v) is 9.60. The summed E-state index contributed by atoms with van der Waals surface area (Å²) in [6.45, 7) is 5.51. The maximum absolute atomic E-state index is 12.2. The molecule has 0 saturated carbocycles. The van der Waals surface area contributed by atoms with Gasteiger partial charge in [0.2, 0.25) is 11.8 Å². The molecule has 1 aromatic carbocycles. The van der Waals surface area contributed by atoms with Crippen LogP contribution in [0.4, 0.5) is 0 Å². The molecule has 2 aliphatic heterocycles. The van der Waals surface area contributed by atoms with E-state index in [-0.39, 0.29) is 30.2 Å². The molecule has 0 spiro atoms. The van der Waals surface area contributed by atoms with Crippen molar-refractivity contribution in [3.63, 3.8) is 0 Å². The number of nitrogens with one attached hydrogen (secondary N) is 1. The van der Waals surface area contributed by atoms with Gasteiger partial charge < -0.3 is 30.5 Å². The number of carbonyl (C=O) groups excluding carboxylic acids is 2. The topological polar surface area (TPSA) is 127 Å². The standard InChI is InChI=1S/C26H32N4O5/c1-16(2)35-22-13-20-19(12-21(22)24(27)32)17(6-7-26(33)8-10-30(3)11-9-26)14-28-25(20)34-15-18-4-5-23(31)29-18/h12-14,16,18,33H,4-5,8-11,15H2,1-3H3,(H2,27,32)(H,29,31)/t18-/m0/s1. The number of aliphatic hydroxyl groups is 1. The van der Waals surface area contributed by atoms with Gasteiger partial charge in [-0.3, -0.25) is 9.59 Å². The van der Waals surface area contributed by atoms with E-state index in [9.17, 15) is 14.7 Å². The number of rotatable bonds is 6. The van der Waals surface area contributed by atoms with Crippen molar-refractivity contribution in [1.82, 2.24) is 15.2 Å². The van der Waals surface area contributed by atoms with Crippen molar-refractivity contribution in [2.75, 3.05) is 26.7 Å². The lowest BCUT2D eigenvalue weighted by Crippen LogP contribution is -2.41. The molecule has 2 amide bonds. The lowest BCUT2D eigenvalue weighted by atomic mass is 9.92. The zero-order valence-corrected chi connectivity index (χ0v) is 20.4. The molecule has 0 unspecified atom stereocenters. The molecule has 0 aliphatic carbocycles. The first kappa shape index (κ1) is 24.8. The highest BCUT2D eigenvalue weighted by Crippen LogP contribution is 2.34. The number of benzene rings is 1. The summed E-state index contributed by atoms with van der Waals surface area (Å²) in [5.41, 5.74) is 5.36. The second-order valence-electron chi connectivity index (χ2n) is 9.60. The fourth-order valence-corrected chi connectivity index (χ4v) is 4.28. The minimum absolute atomic E-state index is 0.00704. The fourth-order valence-electron chi connectivity index (χ4n) is 4.28. The quantitative estimate of drug-likeness (QED) is 0.536. The van der Waals surface area contributed by atoms with E-state index >= 15 is 0 Å². The molecule has 9 heteroatoms. The number of nitrogens with two attached hydrogens (primary N) is 1. The van der Waals surface area contributed by atoms with Crippen LogP contribution >= 0.6 is 0 Å². The number of hydrogen-bond acceptors (Lipinski definition) is 7. The van der Waals surface area contributed by atoms with E-state index in [1.54, 1.807) is 18.3 Å². The normalized spacial score (nSPS) is 19.8. The Morgan fingerprint density at radius 2 is 2.09 bits per heavy atom. The van der Waals surface area contributed by atoms with Crippen molar-refractivity contribution >= 4 is 22.6 Å². The van der Waals surface area contributed by atoms with Crippen molar-refractivity contribution in [3.05, 3.63) is 29.5 Å². The lowest BCUT2D eigenvalue weighted by molar-refractivity contribution is -0.119. The van der Waals surface area contributed by atoms with Crippen LogP contribution < -0.4 is 20.5 Å². The number of carbonyl (C=O) groups is 2. The Hall–Kier alpha value is -3.35. The van der Waals surface area contributed by atoms with Crippen LogP contribution in [0.5, 0.6) is 11.6 Å². The van der Waals surface area contributed by atoms with E-state index in [2.05, 4.69) is 27.0 Å². The molecule has 0 bridgehead atoms. The molecule has 186 valence electrons. The molecule has 3 heterocycles. The predicted molar refractivity (Wildman–Crippen MR) is 131 cm³/mol. The summed E-state index contributed by atoms with van der Waals surface area (Å²) in [5.74, 6) is 6.17. The molecule has 1 atom stereocenters. The minimum atomic E-state index is -1.08. The number of primary amides is 1. The summed E-state index contributed by atoms with van der Waals surface area (Å²) in [5, 5.41) is 15.0. The van der Waals surface area contributed by atoms with Gasteiger partial charge >= 0.3 is 0 Å². The summed E-state index contributed by atoms with van der Waals surface area (Å²) >= 11 is 0. The highest BCUT2D eigenvalue weighted by Gasteiger charge is 2.29. The maximum Gasteiger partial charge on any atom is 0.252 e. The molecule has 2 saturated heterocycles. The zero-order chi connectivity index (χ0) is 25.2. The number of nitrogens with zero attached hydrogens (tertiary/aromatic N) is 2. The van der Waals surface area contributed by atoms with Gasteiger partial charge in [-0.2, -0.15) is 0 Å². The van der Waals surface area contributed by atoms with Crippen molar-refractivity contribution in [2.24, 2.45) is 5.73 Å². The Kier molecular flexibility index (Phi) is 7.15. The van der Waals surface area contributed by atoms with Crippen molar-refractivity contribution in [2.45, 2.75) is 57.3 Å². The Balaban J connectivity index is 1.75. The van der Waals surface area contributed by atoms with Crippen LogP contribution in [0.1, 0.15) is 55.5 Å². The van der Waals surface area contributed by atoms with Gasteiger partial charge in [0.05, 0.1) is 23.3 Å². The first-order valence-electron chi connectivity index (χ1n) is 11.9. The van der Waals surface area contributed by atoms with E-state index in [0.29, 0.717) is 53.6 Å². The number of pyridine rings is 1. The third-order valence-electron chi connectivity index (χ3n) is 6.33. The van der Waals surface area contributed by atoms with Gasteiger partial charge in [-0.05, 0) is 39.4 Å². The highest BCUT2D eigenvalue weighted by molar-refractivity contribution is 6.03. The molecule has 2 aromatic rings. The van der Waals surface area contributed by atoms with Gasteiger partial charge in [0.1, 0.15) is 18.0 Å². The zero-order valence-electron chi connectivity index (χ0n) is 20.4. The molecule has 35 heavy (non-hydrogen) atoms. The highest BCUT2D eigenvalue weighted by atomic mass is 16.5. The largest absolute Gasteiger partial charge is 0.490 e. The minimum Gasteiger partial charge on any atom is -0.490 e. The lowest BCUT2D eigenvalue weighted by Gasteiger charge is -2.32. The average Bonchev–Trinajstić information content (AvgIpc) is 3.23. The van der Waals surface area contributed by atoms with Crippen LogP contribution in [0.15, 0.2) is 18.3 Å². The van der Waals surface area contributed by atoms with E-state index in [1.807, 2.05) is 20.9 Å². The van der Waals surface area contributed by atoms with Crippen molar-refractivity contribution in [3.8, 4) is 23.5 Å². The number of aromatic nitrogens is 1. The van der Waals surface area contributed by atoms with Crippen LogP contribution in [-0.2, 0) is 4.79 Å². The van der Waals surface area contributed by atoms with E-state index in [1.165, 1.54) is 0 Å². The van der Waals surface area contributed by atoms with Gasteiger partial charge in [0.15, 0.2) is 0 Å². The fraction of sp³-hybridized carbons (Fsp3) is 0.500. The van der Waals surface area contributed by atoms with Crippen LogP contribution in [0.25, 0.3) is 10.8 Å². The van der Waals surface area contributed by atoms with E-state index < -0.39 is 11.5 Å². The molecule has 2 fully saturated rings. The molecule has 4 N–H and O–H groups in total. The number of ether oxygens (including phenoxy) is 2. The molecule has 1 aromatic heterocycles. The van der Waals surface area contributed by atoms with Crippen molar-refractivity contribution < 1.29 is 24.2 Å². The van der Waals surface area contributed by atoms with Crippen LogP contribution in [0.2, 0.25) is 0 Å². The Morgan fingerprint density at radius 1 is 1.34 bits per heavy atom. The molecule has 9 nitrogen and oxygen atoms in total. The summed E-state index contributed by atoms with van der Waals surface area (Å²) in [6.07, 6.45) is 3.66. The summed E-state index contributed by atoms with van der Waals surface area (Å²) in [4.78, 5) is 30.4. The molecule has 4 rings (SSSR count). The third-order valence-corrected chi connectivity index (χ3v) is 6.33. The molecule has 2 aliphatic rings. The van der Waals surface area contributed by atoms with Gasteiger partial charge in [0.25, 0.3) is 5.91 Å². The number of piperidine rings is 1. The molecular formula is C26H32N4O5. The number of fused-ring (bicyclic) bond motifs is 1. The first-order valence-corrected chi connectivity index (χ1v) is 11.9. The number of likely N-dealkylation sites (tertiary alicyclic amines) is 1. The monoisotopic (exact) mass is 480 g/mol. The Labute approximate surface area is 205 Å². The van der Waals surface area contributed by atoms with Gasteiger partial charge in [-0.25, -0.2) is 4.98 Å². The van der Waals surface area contributed by atoms with E-state index in [0.717, 1.165) is 13.1 Å². The smallest absolute Gasteiger partial charge is 0.252 e. The number of hydrogen-bond donors (Lipinski definition) is 3. The van der Waals surface area contributed by atoms with Gasteiger partial charge in [-0.15, -0.1) is 0 Å². The second kappa shape index (κ2) is 10.1. The van der Waals surface area contributed by atoms with E-state index in [4.69, 9.17) is 15.2 Å². The Morgan fingerprint density at radius 3 is 2.71 bits per heavy atom. The van der Waals surface area contributed by atoms with Crippen LogP contribution in [0, 0.1) is 11.8 Å². The average molecular weight is 481 g/mol. The van der Waals surface area contributed by atoms with Crippen molar-refractivity contribution in [1.29, 1.82) is 0 Å². The maximum atomic E-state index is 12.2. The van der Waals surface area contributed by atoms with Crippen LogP contribution in [-0.4, -0.2) is 71.3 Å². The Bertz CT molecular complexity index is 1190. The van der Waals surface area contributed by atoms with Gasteiger partial charge in [-0.1, -0.05) is 11.8 Å². The molecular weight excluding hydrogens is 448 g/mol. The SMILES string of the molecule is CC(C)Oc1cc2c(OC[C@@H]3CCC(=O)N3)ncc(C#CC3(O)CCN(C)CC3)c2cc1C(N)=O. The summed E-state index contributed by atoms with van der Waals surface area (Å²) in [6, 6.07) is 3.25. The summed E-state index contributed by atoms with van der Waals surface area (Å²) in [7, 11) is 2.02. The number of amides is 2.